The van der Waals surface area contributed by atoms with Crippen molar-refractivity contribution in [1.29, 1.82) is 0 Å². The molecule has 4 nitrogen and oxygen atoms in total. The topological polar surface area (TPSA) is 55.4 Å². The highest BCUT2D eigenvalue weighted by molar-refractivity contribution is 6.18. The van der Waals surface area contributed by atoms with Gasteiger partial charge in [0.1, 0.15) is 5.75 Å². The van der Waals surface area contributed by atoms with Gasteiger partial charge in [0.15, 0.2) is 5.78 Å². The summed E-state index contributed by atoms with van der Waals surface area (Å²) in [7, 11) is 1.54. The number of ether oxygens (including phenoxy) is 1. The second-order valence-corrected chi connectivity index (χ2v) is 3.48. The molecule has 0 fully saturated rings. The van der Waals surface area contributed by atoms with E-state index in [9.17, 15) is 9.59 Å². The average molecular weight is 229 g/mol. The van der Waals surface area contributed by atoms with E-state index >= 15 is 0 Å². The molecule has 0 radical (unpaired) electrons. The Bertz CT molecular complexity index is 529. The molecule has 0 bridgehead atoms. The molecule has 17 heavy (non-hydrogen) atoms. The molecular weight excluding hydrogens is 218 g/mol. The van der Waals surface area contributed by atoms with Crippen LogP contribution < -0.4 is 10.1 Å². The molecule has 1 aliphatic carbocycles. The van der Waals surface area contributed by atoms with E-state index in [2.05, 4.69) is 5.32 Å². The molecule has 4 heteroatoms. The van der Waals surface area contributed by atoms with Crippen LogP contribution in [-0.4, -0.2) is 18.7 Å². The lowest BCUT2D eigenvalue weighted by Gasteiger charge is -2.13. The minimum absolute atomic E-state index is 0.206. The largest absolute Gasteiger partial charge is 0.495 e. The minimum Gasteiger partial charge on any atom is -0.495 e. The number of hydrogen-bond donors (Lipinski definition) is 1. The van der Waals surface area contributed by atoms with Gasteiger partial charge in [0, 0.05) is 6.08 Å². The molecule has 86 valence electrons. The van der Waals surface area contributed by atoms with Gasteiger partial charge in [0.05, 0.1) is 18.5 Å². The van der Waals surface area contributed by atoms with Gasteiger partial charge in [-0.25, -0.2) is 0 Å². The van der Waals surface area contributed by atoms with Crippen LogP contribution in [0.1, 0.15) is 0 Å². The molecule has 0 amide bonds. The Morgan fingerprint density at radius 2 is 1.88 bits per heavy atom. The fourth-order valence-electron chi connectivity index (χ4n) is 1.50. The van der Waals surface area contributed by atoms with E-state index in [-0.39, 0.29) is 17.3 Å². The number of nitrogens with one attached hydrogen (secondary N) is 1. The molecule has 1 N–H and O–H groups in total. The lowest BCUT2D eigenvalue weighted by Crippen LogP contribution is -2.15. The molecular formula is C13H11NO3. The Morgan fingerprint density at radius 3 is 2.65 bits per heavy atom. The van der Waals surface area contributed by atoms with Crippen molar-refractivity contribution in [3.63, 3.8) is 0 Å². The first kappa shape index (κ1) is 11.1. The molecule has 0 aromatic heterocycles. The number of hydrogen-bond acceptors (Lipinski definition) is 4. The summed E-state index contributed by atoms with van der Waals surface area (Å²) in [5.41, 5.74) is 0.903. The molecule has 0 saturated heterocycles. The summed E-state index contributed by atoms with van der Waals surface area (Å²) in [6.07, 6.45) is 3.77. The highest BCUT2D eigenvalue weighted by Gasteiger charge is 2.14. The van der Waals surface area contributed by atoms with Crippen LogP contribution in [0.25, 0.3) is 0 Å². The maximum Gasteiger partial charge on any atom is 0.202 e. The Labute approximate surface area is 98.6 Å². The Morgan fingerprint density at radius 1 is 1.12 bits per heavy atom. The second kappa shape index (κ2) is 4.65. The van der Waals surface area contributed by atoms with Crippen molar-refractivity contribution in [2.45, 2.75) is 0 Å². The fraction of sp³-hybridized carbons (Fsp3) is 0.0769. The highest BCUT2D eigenvalue weighted by Crippen LogP contribution is 2.25. The number of carbonyl (C=O) groups is 2. The molecule has 0 aliphatic heterocycles. The number of methoxy groups -OCH3 is 1. The van der Waals surface area contributed by atoms with Gasteiger partial charge in [-0.15, -0.1) is 0 Å². The first-order chi connectivity index (χ1) is 8.20. The van der Waals surface area contributed by atoms with E-state index in [0.29, 0.717) is 11.4 Å². The third kappa shape index (κ3) is 2.42. The van der Waals surface area contributed by atoms with Crippen LogP contribution in [0.4, 0.5) is 5.69 Å². The number of rotatable bonds is 3. The van der Waals surface area contributed by atoms with E-state index in [1.807, 2.05) is 12.1 Å². The third-order valence-electron chi connectivity index (χ3n) is 2.33. The van der Waals surface area contributed by atoms with Crippen molar-refractivity contribution in [3.05, 3.63) is 48.2 Å². The molecule has 0 heterocycles. The predicted octanol–water partition coefficient (Wildman–Crippen LogP) is 1.70. The fourth-order valence-corrected chi connectivity index (χ4v) is 1.50. The van der Waals surface area contributed by atoms with Crippen molar-refractivity contribution in [2.24, 2.45) is 0 Å². The van der Waals surface area contributed by atoms with Crippen LogP contribution in [-0.2, 0) is 9.59 Å². The van der Waals surface area contributed by atoms with E-state index in [4.69, 9.17) is 4.74 Å². The van der Waals surface area contributed by atoms with Crippen molar-refractivity contribution in [1.82, 2.24) is 0 Å². The standard InChI is InChI=1S/C13H11NO3/c1-17-13-5-3-2-4-10(13)14-11-8-9(15)6-7-12(11)16/h2-8,14H,1H3. The van der Waals surface area contributed by atoms with Gasteiger partial charge in [-0.3, -0.25) is 9.59 Å². The summed E-state index contributed by atoms with van der Waals surface area (Å²) in [6.45, 7) is 0. The van der Waals surface area contributed by atoms with Crippen LogP contribution in [0.5, 0.6) is 5.75 Å². The predicted molar refractivity (Wildman–Crippen MR) is 63.9 cm³/mol. The monoisotopic (exact) mass is 229 g/mol. The zero-order chi connectivity index (χ0) is 12.3. The normalized spacial score (nSPS) is 14.5. The molecule has 1 aliphatic rings. The Kier molecular flexibility index (Phi) is 3.05. The number of anilines is 1. The number of carbonyl (C=O) groups excluding carboxylic acids is 2. The summed E-state index contributed by atoms with van der Waals surface area (Å²) < 4.78 is 5.14. The maximum absolute atomic E-state index is 11.5. The minimum atomic E-state index is -0.226. The molecule has 2 rings (SSSR count). The summed E-state index contributed by atoms with van der Waals surface area (Å²) in [4.78, 5) is 22.7. The molecule has 0 saturated carbocycles. The van der Waals surface area contributed by atoms with Gasteiger partial charge >= 0.3 is 0 Å². The second-order valence-electron chi connectivity index (χ2n) is 3.48. The van der Waals surface area contributed by atoms with Gasteiger partial charge in [-0.1, -0.05) is 12.1 Å². The van der Waals surface area contributed by atoms with Crippen LogP contribution in [0.2, 0.25) is 0 Å². The lowest BCUT2D eigenvalue weighted by atomic mass is 10.1. The highest BCUT2D eigenvalue weighted by atomic mass is 16.5. The maximum atomic E-state index is 11.5. The van der Waals surface area contributed by atoms with E-state index in [1.54, 1.807) is 19.2 Å². The number of benzene rings is 1. The van der Waals surface area contributed by atoms with Gasteiger partial charge in [0.2, 0.25) is 5.78 Å². The van der Waals surface area contributed by atoms with Gasteiger partial charge in [0.25, 0.3) is 0 Å². The average Bonchev–Trinajstić information content (AvgIpc) is 2.34. The van der Waals surface area contributed by atoms with Crippen molar-refractivity contribution < 1.29 is 14.3 Å². The van der Waals surface area contributed by atoms with E-state index < -0.39 is 0 Å². The first-order valence-corrected chi connectivity index (χ1v) is 5.09. The third-order valence-corrected chi connectivity index (χ3v) is 2.33. The van der Waals surface area contributed by atoms with Crippen LogP contribution in [0.15, 0.2) is 48.2 Å². The summed E-state index contributed by atoms with van der Waals surface area (Å²) in [5, 5.41) is 2.90. The zero-order valence-electron chi connectivity index (χ0n) is 9.27. The van der Waals surface area contributed by atoms with Crippen molar-refractivity contribution in [2.75, 3.05) is 12.4 Å². The molecule has 0 unspecified atom stereocenters. The number of allylic oxidation sites excluding steroid dienone is 3. The van der Waals surface area contributed by atoms with Crippen LogP contribution in [0.3, 0.4) is 0 Å². The SMILES string of the molecule is COc1ccccc1NC1=CC(=O)C=CC1=O. The Balaban J connectivity index is 2.26. The van der Waals surface area contributed by atoms with E-state index in [0.717, 1.165) is 0 Å². The summed E-state index contributed by atoms with van der Waals surface area (Å²) >= 11 is 0. The lowest BCUT2D eigenvalue weighted by molar-refractivity contribution is -0.114. The van der Waals surface area contributed by atoms with Gasteiger partial charge < -0.3 is 10.1 Å². The molecule has 0 spiro atoms. The summed E-state index contributed by atoms with van der Waals surface area (Å²) in [5.74, 6) is 0.181. The van der Waals surface area contributed by atoms with E-state index in [1.165, 1.54) is 18.2 Å². The zero-order valence-corrected chi connectivity index (χ0v) is 9.27. The number of ketones is 2. The molecule has 1 aromatic rings. The smallest absolute Gasteiger partial charge is 0.202 e. The number of para-hydroxylation sites is 2. The van der Waals surface area contributed by atoms with Crippen LogP contribution in [0, 0.1) is 0 Å². The molecule has 1 aromatic carbocycles. The molecule has 0 atom stereocenters. The first-order valence-electron chi connectivity index (χ1n) is 5.09. The van der Waals surface area contributed by atoms with Crippen LogP contribution >= 0.6 is 0 Å². The summed E-state index contributed by atoms with van der Waals surface area (Å²) in [6, 6.07) is 7.19. The van der Waals surface area contributed by atoms with Gasteiger partial charge in [-0.05, 0) is 24.3 Å². The Hall–Kier alpha value is -2.36. The van der Waals surface area contributed by atoms with Crippen molar-refractivity contribution in [3.8, 4) is 5.75 Å². The van der Waals surface area contributed by atoms with Gasteiger partial charge in [-0.2, -0.15) is 0 Å². The quantitative estimate of drug-likeness (QED) is 0.801. The van der Waals surface area contributed by atoms with Crippen molar-refractivity contribution >= 4 is 17.3 Å².